The van der Waals surface area contributed by atoms with Crippen molar-refractivity contribution >= 4 is 29.2 Å². The molecular weight excluding hydrogens is 264 g/mol. The number of nitrogens with zero attached hydrogens (tertiary/aromatic N) is 2. The molecule has 0 unspecified atom stereocenters. The summed E-state index contributed by atoms with van der Waals surface area (Å²) in [6, 6.07) is 0.125. The van der Waals surface area contributed by atoms with E-state index >= 15 is 0 Å². The number of hydrogen-bond donors (Lipinski definition) is 3. The molecule has 1 aliphatic heterocycles. The second-order valence-corrected chi connectivity index (χ2v) is 5.52. The molecule has 7 heteroatoms. The van der Waals surface area contributed by atoms with Crippen LogP contribution in [-0.4, -0.2) is 39.4 Å². The Labute approximate surface area is 114 Å². The van der Waals surface area contributed by atoms with E-state index in [-0.39, 0.29) is 24.5 Å². The summed E-state index contributed by atoms with van der Waals surface area (Å²) in [6.45, 7) is 0.156. The van der Waals surface area contributed by atoms with Crippen LogP contribution in [0.25, 0.3) is 0 Å². The van der Waals surface area contributed by atoms with Gasteiger partial charge in [0.1, 0.15) is 17.0 Å². The van der Waals surface area contributed by atoms with Gasteiger partial charge in [0.15, 0.2) is 5.82 Å². The molecule has 1 aromatic heterocycles. The predicted octanol–water partition coefficient (Wildman–Crippen LogP) is 0.870. The van der Waals surface area contributed by atoms with Gasteiger partial charge in [-0.15, -0.1) is 0 Å². The molecule has 100 valence electrons. The molecule has 0 radical (unpaired) electrons. The zero-order valence-electron chi connectivity index (χ0n) is 10.2. The van der Waals surface area contributed by atoms with Crippen LogP contribution < -0.4 is 10.6 Å². The molecule has 0 bridgehead atoms. The van der Waals surface area contributed by atoms with E-state index in [1.807, 2.05) is 12.2 Å². The molecule has 3 N–H and O–H groups in total. The van der Waals surface area contributed by atoms with E-state index in [0.29, 0.717) is 17.3 Å². The Morgan fingerprint density at radius 1 is 1.47 bits per heavy atom. The smallest absolute Gasteiger partial charge is 0.234 e. The molecule has 6 nitrogen and oxygen atoms in total. The fourth-order valence-electron chi connectivity index (χ4n) is 2.20. The lowest BCUT2D eigenvalue weighted by Gasteiger charge is -2.20. The molecule has 2 aliphatic rings. The van der Waals surface area contributed by atoms with Crippen molar-refractivity contribution in [2.24, 2.45) is 5.92 Å². The fraction of sp³-hybridized carbons (Fsp3) is 0.417. The summed E-state index contributed by atoms with van der Waals surface area (Å²) in [5.74, 6) is 1.18. The summed E-state index contributed by atoms with van der Waals surface area (Å²) in [6.07, 6.45) is 6.34. The number of rotatable bonds is 3. The van der Waals surface area contributed by atoms with Crippen LogP contribution in [0.15, 0.2) is 23.5 Å². The first-order valence-electron chi connectivity index (χ1n) is 6.09. The van der Waals surface area contributed by atoms with Crippen molar-refractivity contribution < 1.29 is 9.90 Å². The highest BCUT2D eigenvalue weighted by Crippen LogP contribution is 2.34. The Balaban J connectivity index is 1.79. The van der Waals surface area contributed by atoms with Crippen molar-refractivity contribution in [2.45, 2.75) is 17.5 Å². The molecule has 0 fully saturated rings. The highest BCUT2D eigenvalue weighted by Gasteiger charge is 2.24. The molecule has 1 aromatic rings. The van der Waals surface area contributed by atoms with E-state index in [9.17, 15) is 4.79 Å². The Kier molecular flexibility index (Phi) is 3.39. The molecule has 3 rings (SSSR count). The SMILES string of the molecule is O=C1CSc2ncnc(N[C@@H]3C=C[C@H](CO)C3)c2N1. The van der Waals surface area contributed by atoms with Crippen LogP contribution in [-0.2, 0) is 4.79 Å². The topological polar surface area (TPSA) is 87.1 Å². The lowest BCUT2D eigenvalue weighted by atomic mass is 10.1. The number of fused-ring (bicyclic) bond motifs is 1. The van der Waals surface area contributed by atoms with Crippen LogP contribution in [0.1, 0.15) is 6.42 Å². The fourth-order valence-corrected chi connectivity index (χ4v) is 2.96. The number of carbonyl (C=O) groups excluding carboxylic acids is 1. The second kappa shape index (κ2) is 5.18. The van der Waals surface area contributed by atoms with Crippen LogP contribution in [0.3, 0.4) is 0 Å². The zero-order valence-corrected chi connectivity index (χ0v) is 11.0. The van der Waals surface area contributed by atoms with E-state index in [1.54, 1.807) is 0 Å². The molecule has 0 spiro atoms. The maximum atomic E-state index is 11.5. The first-order chi connectivity index (χ1) is 9.26. The number of hydrogen-bond acceptors (Lipinski definition) is 6. The highest BCUT2D eigenvalue weighted by molar-refractivity contribution is 8.00. The molecule has 0 saturated heterocycles. The van der Waals surface area contributed by atoms with Gasteiger partial charge in [-0.25, -0.2) is 9.97 Å². The number of aliphatic hydroxyl groups is 1. The Bertz CT molecular complexity index is 534. The van der Waals surface area contributed by atoms with Gasteiger partial charge in [0.2, 0.25) is 5.91 Å². The van der Waals surface area contributed by atoms with Crippen LogP contribution in [0, 0.1) is 5.92 Å². The van der Waals surface area contributed by atoms with E-state index in [4.69, 9.17) is 5.11 Å². The Hall–Kier alpha value is -1.60. The number of aliphatic hydroxyl groups excluding tert-OH is 1. The molecule has 19 heavy (non-hydrogen) atoms. The summed E-state index contributed by atoms with van der Waals surface area (Å²) in [5, 5.41) is 16.0. The van der Waals surface area contributed by atoms with Crippen molar-refractivity contribution in [3.63, 3.8) is 0 Å². The summed E-state index contributed by atoms with van der Waals surface area (Å²) in [7, 11) is 0. The van der Waals surface area contributed by atoms with Crippen molar-refractivity contribution in [1.29, 1.82) is 0 Å². The third-order valence-electron chi connectivity index (χ3n) is 3.15. The second-order valence-electron chi connectivity index (χ2n) is 4.55. The minimum absolute atomic E-state index is 0.0365. The lowest BCUT2D eigenvalue weighted by molar-refractivity contribution is -0.113. The van der Waals surface area contributed by atoms with E-state index in [1.165, 1.54) is 18.1 Å². The number of anilines is 2. The molecule has 1 aliphatic carbocycles. The maximum Gasteiger partial charge on any atom is 0.234 e. The van der Waals surface area contributed by atoms with Gasteiger partial charge >= 0.3 is 0 Å². The van der Waals surface area contributed by atoms with Gasteiger partial charge in [-0.3, -0.25) is 4.79 Å². The third kappa shape index (κ3) is 2.57. The minimum Gasteiger partial charge on any atom is -0.396 e. The summed E-state index contributed by atoms with van der Waals surface area (Å²) in [4.78, 5) is 19.8. The molecule has 1 amide bonds. The third-order valence-corrected chi connectivity index (χ3v) is 4.14. The summed E-state index contributed by atoms with van der Waals surface area (Å²) < 4.78 is 0. The maximum absolute atomic E-state index is 11.5. The molecule has 0 saturated carbocycles. The number of aromatic nitrogens is 2. The predicted molar refractivity (Wildman–Crippen MR) is 73.1 cm³/mol. The van der Waals surface area contributed by atoms with Crippen LogP contribution in [0.2, 0.25) is 0 Å². The lowest BCUT2D eigenvalue weighted by Crippen LogP contribution is -2.24. The van der Waals surface area contributed by atoms with Crippen molar-refractivity contribution in [1.82, 2.24) is 9.97 Å². The number of carbonyl (C=O) groups is 1. The molecule has 2 heterocycles. The first-order valence-corrected chi connectivity index (χ1v) is 7.08. The average molecular weight is 278 g/mol. The standard InChI is InChI=1S/C12H14N4O2S/c17-4-7-1-2-8(3-7)15-11-10-12(14-6-13-11)19-5-9(18)16-10/h1-2,6-8,17H,3-5H2,(H,16,18)(H,13,14,15)/t7-,8+/m0/s1. The van der Waals surface area contributed by atoms with Gasteiger partial charge in [0, 0.05) is 18.6 Å². The zero-order chi connectivity index (χ0) is 13.2. The Morgan fingerprint density at radius 2 is 2.37 bits per heavy atom. The van der Waals surface area contributed by atoms with E-state index < -0.39 is 0 Å². The molecule has 2 atom stereocenters. The van der Waals surface area contributed by atoms with Crippen LogP contribution in [0.4, 0.5) is 11.5 Å². The number of thioether (sulfide) groups is 1. The molecular formula is C12H14N4O2S. The Morgan fingerprint density at radius 3 is 3.16 bits per heavy atom. The first kappa shape index (κ1) is 12.4. The van der Waals surface area contributed by atoms with E-state index in [0.717, 1.165) is 11.4 Å². The number of amides is 1. The van der Waals surface area contributed by atoms with Gasteiger partial charge in [0.05, 0.1) is 5.75 Å². The molecule has 0 aromatic carbocycles. The van der Waals surface area contributed by atoms with Gasteiger partial charge in [0.25, 0.3) is 0 Å². The van der Waals surface area contributed by atoms with Crippen molar-refractivity contribution in [3.8, 4) is 0 Å². The van der Waals surface area contributed by atoms with Gasteiger partial charge in [-0.1, -0.05) is 23.9 Å². The largest absolute Gasteiger partial charge is 0.396 e. The van der Waals surface area contributed by atoms with Gasteiger partial charge in [-0.05, 0) is 6.42 Å². The van der Waals surface area contributed by atoms with Crippen molar-refractivity contribution in [2.75, 3.05) is 23.0 Å². The average Bonchev–Trinajstić information content (AvgIpc) is 2.87. The number of nitrogens with one attached hydrogen (secondary N) is 2. The normalized spacial score (nSPS) is 25.0. The summed E-state index contributed by atoms with van der Waals surface area (Å²) >= 11 is 1.41. The quantitative estimate of drug-likeness (QED) is 0.562. The van der Waals surface area contributed by atoms with Crippen molar-refractivity contribution in [3.05, 3.63) is 18.5 Å². The highest BCUT2D eigenvalue weighted by atomic mass is 32.2. The monoisotopic (exact) mass is 278 g/mol. The van der Waals surface area contributed by atoms with E-state index in [2.05, 4.69) is 20.6 Å². The van der Waals surface area contributed by atoms with Crippen LogP contribution >= 0.6 is 11.8 Å². The minimum atomic E-state index is -0.0365. The summed E-state index contributed by atoms with van der Waals surface area (Å²) in [5.41, 5.74) is 0.657. The van der Waals surface area contributed by atoms with Crippen LogP contribution in [0.5, 0.6) is 0 Å². The van der Waals surface area contributed by atoms with Gasteiger partial charge in [-0.2, -0.15) is 0 Å². The van der Waals surface area contributed by atoms with Gasteiger partial charge < -0.3 is 15.7 Å².